The van der Waals surface area contributed by atoms with Crippen LogP contribution in [0.2, 0.25) is 0 Å². The second kappa shape index (κ2) is 17.0. The van der Waals surface area contributed by atoms with Gasteiger partial charge in [-0.1, -0.05) is 0 Å². The number of pyridine rings is 1. The van der Waals surface area contributed by atoms with Crippen LogP contribution in [-0.4, -0.2) is 38.0 Å². The number of rotatable bonds is 9. The summed E-state index contributed by atoms with van der Waals surface area (Å²) >= 11 is 3.39. The van der Waals surface area contributed by atoms with Gasteiger partial charge < -0.3 is 10.6 Å². The molecule has 2 N–H and O–H groups in total. The molecule has 0 radical (unpaired) electrons. The van der Waals surface area contributed by atoms with Crippen LogP contribution >= 0.6 is 23.1 Å². The zero-order chi connectivity index (χ0) is 34.8. The fraction of sp³-hybridized carbons (Fsp3) is 0.371. The molecule has 6 nitrogen and oxygen atoms in total. The van der Waals surface area contributed by atoms with Gasteiger partial charge in [-0.3, -0.25) is 4.98 Å². The smallest absolute Gasteiger partial charge is 0.225 e. The number of fused-ring (bicyclic) bond motifs is 1. The van der Waals surface area contributed by atoms with Crippen molar-refractivity contribution in [2.45, 2.75) is 64.5 Å². The lowest BCUT2D eigenvalue weighted by Crippen LogP contribution is -2.19. The van der Waals surface area contributed by atoms with Crippen molar-refractivity contribution >= 4 is 45.1 Å². The molecule has 1 aromatic carbocycles. The number of halogens is 4. The molecule has 2 aliphatic carbocycles. The summed E-state index contributed by atoms with van der Waals surface area (Å²) < 4.78 is 58.4. The number of thioether (sulfide) groups is 1. The van der Waals surface area contributed by atoms with E-state index in [2.05, 4.69) is 65.4 Å². The standard InChI is InChI=1S/C29H30F4N6S2.3C2H2/c1-13-21(30)23(32)18(24(33)22(13)31)11-35-29-36-14(2)20(27(39-29)37-17-7-4-15(10-17)12-40-3)28-38-26-19(41-28)8-9-34-25(26)16-5-6-16;3*1-2/h8-9,15-17H,4-7,10-12H2,1-3H3,(H2,35,36,37,39);3*1-2H/t15-,17+;;;/m1.../s1. The van der Waals surface area contributed by atoms with E-state index in [1.54, 1.807) is 11.3 Å². The molecule has 47 heavy (non-hydrogen) atoms. The van der Waals surface area contributed by atoms with E-state index < -0.39 is 40.9 Å². The molecular weight excluding hydrogens is 645 g/mol. The van der Waals surface area contributed by atoms with Crippen molar-refractivity contribution in [3.8, 4) is 49.1 Å². The van der Waals surface area contributed by atoms with Crippen LogP contribution in [0.15, 0.2) is 12.3 Å². The molecule has 0 spiro atoms. The van der Waals surface area contributed by atoms with Crippen LogP contribution in [0.5, 0.6) is 0 Å². The minimum absolute atomic E-state index is 0.0917. The number of nitrogens with zero attached hydrogens (tertiary/aromatic N) is 4. The molecule has 0 bridgehead atoms. The first kappa shape index (κ1) is 37.2. The van der Waals surface area contributed by atoms with E-state index in [-0.39, 0.29) is 12.0 Å². The number of benzene rings is 1. The zero-order valence-corrected chi connectivity index (χ0v) is 28.1. The molecule has 0 aliphatic heterocycles. The second-order valence-electron chi connectivity index (χ2n) is 10.9. The van der Waals surface area contributed by atoms with Crippen molar-refractivity contribution in [2.75, 3.05) is 22.6 Å². The van der Waals surface area contributed by atoms with Crippen molar-refractivity contribution in [3.63, 3.8) is 0 Å². The van der Waals surface area contributed by atoms with Crippen LogP contribution in [0.1, 0.15) is 60.5 Å². The molecule has 2 aliphatic rings. The number of aryl methyl sites for hydroxylation is 1. The summed E-state index contributed by atoms with van der Waals surface area (Å²) in [4.78, 5) is 18.8. The lowest BCUT2D eigenvalue weighted by Gasteiger charge is -2.19. The highest BCUT2D eigenvalue weighted by atomic mass is 32.2. The summed E-state index contributed by atoms with van der Waals surface area (Å²) in [5.41, 5.74) is 1.86. The minimum atomic E-state index is -1.43. The second-order valence-corrected chi connectivity index (χ2v) is 12.8. The minimum Gasteiger partial charge on any atom is -0.367 e. The third kappa shape index (κ3) is 8.16. The summed E-state index contributed by atoms with van der Waals surface area (Å²) in [6, 6.07) is 2.16. The van der Waals surface area contributed by atoms with Crippen LogP contribution < -0.4 is 10.6 Å². The van der Waals surface area contributed by atoms with E-state index in [1.807, 2.05) is 30.9 Å². The van der Waals surface area contributed by atoms with Crippen LogP contribution in [0.3, 0.4) is 0 Å². The van der Waals surface area contributed by atoms with Gasteiger partial charge in [0.15, 0.2) is 23.3 Å². The van der Waals surface area contributed by atoms with E-state index in [1.165, 1.54) is 0 Å². The highest BCUT2D eigenvalue weighted by Gasteiger charge is 2.30. The zero-order valence-electron chi connectivity index (χ0n) is 26.4. The van der Waals surface area contributed by atoms with Crippen molar-refractivity contribution in [1.29, 1.82) is 0 Å². The van der Waals surface area contributed by atoms with E-state index in [9.17, 15) is 17.6 Å². The Morgan fingerprint density at radius 2 is 1.55 bits per heavy atom. The van der Waals surface area contributed by atoms with Gasteiger partial charge in [0.05, 0.1) is 21.7 Å². The van der Waals surface area contributed by atoms with Gasteiger partial charge in [0.2, 0.25) is 5.95 Å². The molecule has 6 rings (SSSR count). The van der Waals surface area contributed by atoms with Gasteiger partial charge in [-0.15, -0.1) is 49.9 Å². The van der Waals surface area contributed by atoms with Crippen LogP contribution in [-0.2, 0) is 6.54 Å². The van der Waals surface area contributed by atoms with Gasteiger partial charge in [0.25, 0.3) is 0 Å². The van der Waals surface area contributed by atoms with Crippen LogP contribution in [0, 0.1) is 81.6 Å². The van der Waals surface area contributed by atoms with Gasteiger partial charge in [0, 0.05) is 35.8 Å². The van der Waals surface area contributed by atoms with Crippen LogP contribution in [0.25, 0.3) is 20.8 Å². The number of nitrogens with one attached hydrogen (secondary N) is 2. The number of hydrogen-bond acceptors (Lipinski definition) is 8. The summed E-state index contributed by atoms with van der Waals surface area (Å²) in [6.07, 6.45) is 33.3. The maximum Gasteiger partial charge on any atom is 0.225 e. The average molecular weight is 681 g/mol. The third-order valence-electron chi connectivity index (χ3n) is 7.88. The molecule has 0 unspecified atom stereocenters. The molecule has 0 amide bonds. The highest BCUT2D eigenvalue weighted by Crippen LogP contribution is 2.44. The van der Waals surface area contributed by atoms with Gasteiger partial charge in [0.1, 0.15) is 16.3 Å². The summed E-state index contributed by atoms with van der Waals surface area (Å²) in [5.74, 6) is -2.87. The molecule has 3 aromatic heterocycles. The monoisotopic (exact) mass is 680 g/mol. The van der Waals surface area contributed by atoms with E-state index in [0.717, 1.165) is 71.3 Å². The van der Waals surface area contributed by atoms with Crippen LogP contribution in [0.4, 0.5) is 29.3 Å². The number of anilines is 2. The Hall–Kier alpha value is -4.31. The lowest BCUT2D eigenvalue weighted by atomic mass is 10.1. The normalized spacial score (nSPS) is 16.5. The molecule has 0 saturated heterocycles. The first-order valence-corrected chi connectivity index (χ1v) is 16.9. The van der Waals surface area contributed by atoms with Gasteiger partial charge in [-0.05, 0) is 69.9 Å². The molecule has 4 aromatic rings. The van der Waals surface area contributed by atoms with Crippen molar-refractivity contribution in [3.05, 3.63) is 58.0 Å². The molecular formula is C35H36F4N6S2. The fourth-order valence-corrected chi connectivity index (χ4v) is 7.39. The largest absolute Gasteiger partial charge is 0.367 e. The van der Waals surface area contributed by atoms with E-state index >= 15 is 0 Å². The maximum atomic E-state index is 14.5. The Morgan fingerprint density at radius 3 is 2.17 bits per heavy atom. The number of thiazole rings is 1. The first-order valence-electron chi connectivity index (χ1n) is 14.7. The summed E-state index contributed by atoms with van der Waals surface area (Å²) in [5, 5.41) is 7.15. The first-order chi connectivity index (χ1) is 22.7. The number of terminal acetylenes is 3. The quantitative estimate of drug-likeness (QED) is 0.104. The fourth-order valence-electron chi connectivity index (χ4n) is 5.55. The van der Waals surface area contributed by atoms with Gasteiger partial charge >= 0.3 is 0 Å². The van der Waals surface area contributed by atoms with Crippen molar-refractivity contribution in [1.82, 2.24) is 19.9 Å². The van der Waals surface area contributed by atoms with Crippen molar-refractivity contribution in [2.24, 2.45) is 5.92 Å². The Bertz CT molecular complexity index is 1720. The Balaban J connectivity index is 0.000000947. The molecule has 3 heterocycles. The Morgan fingerprint density at radius 1 is 0.894 bits per heavy atom. The van der Waals surface area contributed by atoms with E-state index in [4.69, 9.17) is 9.97 Å². The summed E-state index contributed by atoms with van der Waals surface area (Å²) in [6.45, 7) is 2.30. The lowest BCUT2D eigenvalue weighted by molar-refractivity contribution is 0.432. The number of hydrogen-bond donors (Lipinski definition) is 2. The van der Waals surface area contributed by atoms with Crippen molar-refractivity contribution < 1.29 is 17.6 Å². The highest BCUT2D eigenvalue weighted by molar-refractivity contribution is 7.98. The number of aromatic nitrogens is 4. The topological polar surface area (TPSA) is 75.6 Å². The Kier molecular flexibility index (Phi) is 13.5. The SMILES string of the molecule is C#C.C#C.C#C.CSC[C@@H]1CC[C@H](Nc2nc(NCc3c(F)c(F)c(C)c(F)c3F)nc(C)c2-c2nc3c(C4CC4)nccc3s2)C1. The average Bonchev–Trinajstić information content (AvgIpc) is 3.70. The molecule has 246 valence electrons. The summed E-state index contributed by atoms with van der Waals surface area (Å²) in [7, 11) is 0. The molecule has 2 fully saturated rings. The molecule has 2 saturated carbocycles. The third-order valence-corrected chi connectivity index (χ3v) is 9.73. The molecule has 2 atom stereocenters. The van der Waals surface area contributed by atoms with Gasteiger partial charge in [-0.25, -0.2) is 27.5 Å². The van der Waals surface area contributed by atoms with Gasteiger partial charge in [-0.2, -0.15) is 16.7 Å². The Labute approximate surface area is 282 Å². The predicted molar refractivity (Wildman–Crippen MR) is 186 cm³/mol. The molecule has 12 heteroatoms. The van der Waals surface area contributed by atoms with E-state index in [0.29, 0.717) is 23.3 Å². The maximum absolute atomic E-state index is 14.5. The predicted octanol–water partition coefficient (Wildman–Crippen LogP) is 8.50.